The lowest BCUT2D eigenvalue weighted by Crippen LogP contribution is -2.37. The van der Waals surface area contributed by atoms with Gasteiger partial charge in [0.2, 0.25) is 0 Å². The highest BCUT2D eigenvalue weighted by atomic mass is 16.2. The van der Waals surface area contributed by atoms with Crippen LogP contribution in [0.4, 0.5) is 0 Å². The second-order valence-corrected chi connectivity index (χ2v) is 7.09. The van der Waals surface area contributed by atoms with Gasteiger partial charge >= 0.3 is 0 Å². The van der Waals surface area contributed by atoms with Crippen LogP contribution in [0.5, 0.6) is 0 Å². The molecule has 4 rings (SSSR count). The first kappa shape index (κ1) is 16.7. The van der Waals surface area contributed by atoms with E-state index in [2.05, 4.69) is 15.0 Å². The minimum absolute atomic E-state index is 0.0373. The third kappa shape index (κ3) is 2.86. The molecule has 0 aliphatic carbocycles. The molecule has 0 saturated heterocycles. The molecule has 0 bridgehead atoms. The number of fused-ring (bicyclic) bond motifs is 2. The molecule has 0 unspecified atom stereocenters. The number of carbonyl (C=O) groups is 1. The van der Waals surface area contributed by atoms with Crippen LogP contribution in [0.25, 0.3) is 10.9 Å². The Morgan fingerprint density at radius 3 is 2.85 bits per heavy atom. The zero-order valence-electron chi connectivity index (χ0n) is 15.4. The molecule has 1 aliphatic rings. The van der Waals surface area contributed by atoms with Gasteiger partial charge < -0.3 is 9.80 Å². The third-order valence-corrected chi connectivity index (χ3v) is 4.95. The average Bonchev–Trinajstić information content (AvgIpc) is 2.95. The highest BCUT2D eigenvalue weighted by Gasteiger charge is 2.28. The van der Waals surface area contributed by atoms with E-state index in [4.69, 9.17) is 0 Å². The largest absolute Gasteiger partial charge is 0.332 e. The summed E-state index contributed by atoms with van der Waals surface area (Å²) in [5.74, 6) is 0.0373. The summed E-state index contributed by atoms with van der Waals surface area (Å²) in [7, 11) is 6.06. The number of rotatable bonds is 3. The van der Waals surface area contributed by atoms with Gasteiger partial charge in [-0.1, -0.05) is 18.2 Å². The molecule has 134 valence electrons. The summed E-state index contributed by atoms with van der Waals surface area (Å²) in [4.78, 5) is 21.6. The number of hydrogen-bond donors (Lipinski definition) is 0. The first-order valence-corrected chi connectivity index (χ1v) is 8.86. The van der Waals surface area contributed by atoms with Gasteiger partial charge in [0.1, 0.15) is 0 Å². The van der Waals surface area contributed by atoms with E-state index in [1.54, 1.807) is 6.20 Å². The molecule has 6 heteroatoms. The zero-order chi connectivity index (χ0) is 18.3. The smallest absolute Gasteiger partial charge is 0.256 e. The van der Waals surface area contributed by atoms with Gasteiger partial charge in [-0.25, -0.2) is 0 Å². The number of para-hydroxylation sites is 1. The number of carbonyl (C=O) groups excluding carboxylic acids is 1. The Kier molecular flexibility index (Phi) is 4.20. The molecule has 2 aromatic heterocycles. The second kappa shape index (κ2) is 6.53. The maximum Gasteiger partial charge on any atom is 0.256 e. The first-order chi connectivity index (χ1) is 12.5. The minimum atomic E-state index is 0.0373. The predicted octanol–water partition coefficient (Wildman–Crippen LogP) is 2.23. The van der Waals surface area contributed by atoms with Crippen molar-refractivity contribution in [2.24, 2.45) is 7.05 Å². The summed E-state index contributed by atoms with van der Waals surface area (Å²) in [6, 6.07) is 9.66. The molecule has 0 spiro atoms. The monoisotopic (exact) mass is 349 g/mol. The fourth-order valence-electron chi connectivity index (χ4n) is 3.70. The maximum absolute atomic E-state index is 13.2. The SMILES string of the molecule is CN(C)Cc1nn(C)c2c1CCN(C(=O)c1cccc3cccnc13)C2. The number of amides is 1. The van der Waals surface area contributed by atoms with Gasteiger partial charge in [-0.05, 0) is 32.6 Å². The summed E-state index contributed by atoms with van der Waals surface area (Å²) < 4.78 is 1.93. The molecular weight excluding hydrogens is 326 g/mol. The zero-order valence-corrected chi connectivity index (χ0v) is 15.4. The Morgan fingerprint density at radius 2 is 2.04 bits per heavy atom. The number of aryl methyl sites for hydroxylation is 1. The van der Waals surface area contributed by atoms with Gasteiger partial charge in [0.15, 0.2) is 0 Å². The summed E-state index contributed by atoms with van der Waals surface area (Å²) in [5, 5.41) is 5.66. The van der Waals surface area contributed by atoms with Crippen LogP contribution in [0.15, 0.2) is 36.5 Å². The van der Waals surface area contributed by atoms with Crippen molar-refractivity contribution in [3.05, 3.63) is 59.0 Å². The topological polar surface area (TPSA) is 54.3 Å². The number of pyridine rings is 1. The van der Waals surface area contributed by atoms with Crippen molar-refractivity contribution in [1.82, 2.24) is 24.6 Å². The molecule has 3 heterocycles. The van der Waals surface area contributed by atoms with Crippen molar-refractivity contribution in [2.75, 3.05) is 20.6 Å². The number of hydrogen-bond acceptors (Lipinski definition) is 4. The Morgan fingerprint density at radius 1 is 1.23 bits per heavy atom. The van der Waals surface area contributed by atoms with Crippen LogP contribution < -0.4 is 0 Å². The van der Waals surface area contributed by atoms with Gasteiger partial charge in [-0.15, -0.1) is 0 Å². The van der Waals surface area contributed by atoms with Crippen molar-refractivity contribution in [1.29, 1.82) is 0 Å². The van der Waals surface area contributed by atoms with Crippen molar-refractivity contribution in [3.63, 3.8) is 0 Å². The minimum Gasteiger partial charge on any atom is -0.332 e. The molecule has 6 nitrogen and oxygen atoms in total. The van der Waals surface area contributed by atoms with Crippen LogP contribution in [-0.2, 0) is 26.6 Å². The van der Waals surface area contributed by atoms with Crippen molar-refractivity contribution in [3.8, 4) is 0 Å². The first-order valence-electron chi connectivity index (χ1n) is 8.86. The van der Waals surface area contributed by atoms with E-state index in [0.29, 0.717) is 18.7 Å². The van der Waals surface area contributed by atoms with Crippen LogP contribution in [0, 0.1) is 0 Å². The molecule has 1 aromatic carbocycles. The van der Waals surface area contributed by atoms with E-state index in [1.165, 1.54) is 5.56 Å². The number of benzene rings is 1. The molecular formula is C20H23N5O. The highest BCUT2D eigenvalue weighted by Crippen LogP contribution is 2.25. The summed E-state index contributed by atoms with van der Waals surface area (Å²) in [6.45, 7) is 2.12. The van der Waals surface area contributed by atoms with Crippen LogP contribution in [0.2, 0.25) is 0 Å². The Bertz CT molecular complexity index is 970. The van der Waals surface area contributed by atoms with Crippen LogP contribution >= 0.6 is 0 Å². The van der Waals surface area contributed by atoms with Crippen molar-refractivity contribution >= 4 is 16.8 Å². The lowest BCUT2D eigenvalue weighted by Gasteiger charge is -2.28. The molecule has 26 heavy (non-hydrogen) atoms. The van der Waals surface area contributed by atoms with Crippen molar-refractivity contribution < 1.29 is 4.79 Å². The van der Waals surface area contributed by atoms with Crippen LogP contribution in [-0.4, -0.2) is 51.1 Å². The van der Waals surface area contributed by atoms with E-state index in [1.807, 2.05) is 61.1 Å². The van der Waals surface area contributed by atoms with Crippen molar-refractivity contribution in [2.45, 2.75) is 19.5 Å². The van der Waals surface area contributed by atoms with Gasteiger partial charge in [0, 0.05) is 37.3 Å². The maximum atomic E-state index is 13.2. The Balaban J connectivity index is 1.65. The lowest BCUT2D eigenvalue weighted by atomic mass is 10.0. The standard InChI is InChI=1S/C20H23N5O/c1-23(2)12-17-15-9-11-25(13-18(15)24(3)22-17)20(26)16-8-4-6-14-7-5-10-21-19(14)16/h4-8,10H,9,11-13H2,1-3H3. The summed E-state index contributed by atoms with van der Waals surface area (Å²) in [6.07, 6.45) is 2.58. The molecule has 0 saturated carbocycles. The summed E-state index contributed by atoms with van der Waals surface area (Å²) >= 11 is 0. The highest BCUT2D eigenvalue weighted by molar-refractivity contribution is 6.05. The fourth-order valence-corrected chi connectivity index (χ4v) is 3.70. The number of aromatic nitrogens is 3. The quantitative estimate of drug-likeness (QED) is 0.728. The molecule has 0 fully saturated rings. The molecule has 1 amide bonds. The van der Waals surface area contributed by atoms with Crippen LogP contribution in [0.3, 0.4) is 0 Å². The normalized spacial score (nSPS) is 14.1. The van der Waals surface area contributed by atoms with E-state index in [9.17, 15) is 4.79 Å². The fraction of sp³-hybridized carbons (Fsp3) is 0.350. The molecule has 3 aromatic rings. The second-order valence-electron chi connectivity index (χ2n) is 7.09. The predicted molar refractivity (Wildman–Crippen MR) is 101 cm³/mol. The number of nitrogens with zero attached hydrogens (tertiary/aromatic N) is 5. The lowest BCUT2D eigenvalue weighted by molar-refractivity contribution is 0.0732. The Labute approximate surface area is 153 Å². The molecule has 1 aliphatic heterocycles. The van der Waals surface area contributed by atoms with Gasteiger partial charge in [-0.2, -0.15) is 5.10 Å². The molecule has 0 radical (unpaired) electrons. The van der Waals surface area contributed by atoms with Gasteiger partial charge in [-0.3, -0.25) is 14.5 Å². The van der Waals surface area contributed by atoms with E-state index >= 15 is 0 Å². The van der Waals surface area contributed by atoms with E-state index in [0.717, 1.165) is 35.3 Å². The Hall–Kier alpha value is -2.73. The van der Waals surface area contributed by atoms with E-state index in [-0.39, 0.29) is 5.91 Å². The van der Waals surface area contributed by atoms with Crippen LogP contribution in [0.1, 0.15) is 27.3 Å². The van der Waals surface area contributed by atoms with Gasteiger partial charge in [0.05, 0.1) is 29.0 Å². The molecule has 0 atom stereocenters. The molecule has 0 N–H and O–H groups in total. The average molecular weight is 349 g/mol. The van der Waals surface area contributed by atoms with Gasteiger partial charge in [0.25, 0.3) is 5.91 Å². The van der Waals surface area contributed by atoms with E-state index < -0.39 is 0 Å². The summed E-state index contributed by atoms with van der Waals surface area (Å²) in [5.41, 5.74) is 4.98. The third-order valence-electron chi connectivity index (χ3n) is 4.95.